The third kappa shape index (κ3) is 4.18. The smallest absolute Gasteiger partial charge is 0.274 e. The molecule has 0 spiro atoms. The van der Waals surface area contributed by atoms with E-state index in [1.54, 1.807) is 29.4 Å². The Hall–Kier alpha value is -2.70. The highest BCUT2D eigenvalue weighted by Crippen LogP contribution is 2.25. The predicted molar refractivity (Wildman–Crippen MR) is 112 cm³/mol. The van der Waals surface area contributed by atoms with Crippen molar-refractivity contribution in [3.63, 3.8) is 0 Å². The lowest BCUT2D eigenvalue weighted by Gasteiger charge is -2.36. The number of halogens is 1. The van der Waals surface area contributed by atoms with Crippen LogP contribution in [0.2, 0.25) is 0 Å². The first-order chi connectivity index (χ1) is 14.2. The first-order valence-electron chi connectivity index (χ1n) is 10.5. The summed E-state index contributed by atoms with van der Waals surface area (Å²) in [5.74, 6) is 0.525. The Bertz CT molecular complexity index is 835. The summed E-state index contributed by atoms with van der Waals surface area (Å²) in [6.45, 7) is 5.49. The van der Waals surface area contributed by atoms with Gasteiger partial charge in [0.15, 0.2) is 0 Å². The van der Waals surface area contributed by atoms with Crippen LogP contribution in [0.25, 0.3) is 0 Å². The van der Waals surface area contributed by atoms with Crippen molar-refractivity contribution < 1.29 is 9.18 Å². The molecule has 29 heavy (non-hydrogen) atoms. The summed E-state index contributed by atoms with van der Waals surface area (Å²) < 4.78 is 14.0. The van der Waals surface area contributed by atoms with Crippen molar-refractivity contribution in [2.24, 2.45) is 0 Å². The number of hydrogen-bond acceptors (Lipinski definition) is 5. The van der Waals surface area contributed by atoms with E-state index in [0.29, 0.717) is 43.6 Å². The summed E-state index contributed by atoms with van der Waals surface area (Å²) >= 11 is 0. The van der Waals surface area contributed by atoms with Gasteiger partial charge in [-0.25, -0.2) is 14.4 Å². The van der Waals surface area contributed by atoms with E-state index in [2.05, 4.69) is 21.8 Å². The maximum absolute atomic E-state index is 14.0. The summed E-state index contributed by atoms with van der Waals surface area (Å²) in [6.07, 6.45) is 8.04. The highest BCUT2D eigenvalue weighted by atomic mass is 19.1. The Kier molecular flexibility index (Phi) is 5.92. The number of carbonyl (C=O) groups excluding carboxylic acids is 1. The van der Waals surface area contributed by atoms with Gasteiger partial charge in [-0.3, -0.25) is 4.79 Å². The molecule has 4 rings (SSSR count). The van der Waals surface area contributed by atoms with Gasteiger partial charge in [0.1, 0.15) is 17.3 Å². The van der Waals surface area contributed by atoms with E-state index >= 15 is 0 Å². The molecule has 0 N–H and O–H groups in total. The molecule has 2 aliphatic heterocycles. The summed E-state index contributed by atoms with van der Waals surface area (Å²) in [5.41, 5.74) is 0.967. The maximum atomic E-state index is 14.0. The van der Waals surface area contributed by atoms with Gasteiger partial charge in [-0.15, -0.1) is 0 Å². The monoisotopic (exact) mass is 397 g/mol. The number of piperazine rings is 1. The van der Waals surface area contributed by atoms with Crippen LogP contribution in [0.3, 0.4) is 0 Å². The van der Waals surface area contributed by atoms with E-state index < -0.39 is 0 Å². The minimum Gasteiger partial charge on any atom is -0.366 e. The van der Waals surface area contributed by atoms with Gasteiger partial charge in [0, 0.05) is 38.8 Å². The second kappa shape index (κ2) is 8.76. The number of hydrogen-bond donors (Lipinski definition) is 0. The molecular formula is C22H28FN5O. The highest BCUT2D eigenvalue weighted by Gasteiger charge is 2.26. The second-order valence-corrected chi connectivity index (χ2v) is 7.74. The molecule has 1 amide bonds. The molecule has 0 bridgehead atoms. The number of nitrogens with zero attached hydrogens (tertiary/aromatic N) is 5. The first kappa shape index (κ1) is 19.6. The maximum Gasteiger partial charge on any atom is 0.274 e. The molecule has 2 aromatic rings. The number of rotatable bonds is 4. The van der Waals surface area contributed by atoms with Gasteiger partial charge in [-0.2, -0.15) is 0 Å². The molecule has 7 heteroatoms. The van der Waals surface area contributed by atoms with E-state index in [0.717, 1.165) is 18.8 Å². The number of anilines is 2. The number of piperidine rings is 1. The number of carbonyl (C=O) groups is 1. The fraction of sp³-hybridized carbons (Fsp3) is 0.500. The number of aromatic nitrogens is 2. The van der Waals surface area contributed by atoms with E-state index in [9.17, 15) is 9.18 Å². The summed E-state index contributed by atoms with van der Waals surface area (Å²) in [6, 6.07) is 7.27. The average Bonchev–Trinajstić information content (AvgIpc) is 2.79. The summed E-state index contributed by atoms with van der Waals surface area (Å²) in [4.78, 5) is 27.9. The molecule has 154 valence electrons. The average molecular weight is 397 g/mol. The lowest BCUT2D eigenvalue weighted by Crippen LogP contribution is -2.49. The number of para-hydroxylation sites is 1. The Balaban J connectivity index is 1.38. The third-order valence-electron chi connectivity index (χ3n) is 6.01. The molecule has 0 saturated carbocycles. The quantitative estimate of drug-likeness (QED) is 0.792. The topological polar surface area (TPSA) is 52.6 Å². The van der Waals surface area contributed by atoms with Crippen molar-refractivity contribution in [1.82, 2.24) is 14.9 Å². The molecule has 1 aromatic carbocycles. The van der Waals surface area contributed by atoms with Crippen LogP contribution in [0.1, 0.15) is 43.1 Å². The Morgan fingerprint density at radius 2 is 1.86 bits per heavy atom. The molecule has 0 radical (unpaired) electrons. The lowest BCUT2D eigenvalue weighted by molar-refractivity contribution is 0.0740. The van der Waals surface area contributed by atoms with Crippen LogP contribution in [0.4, 0.5) is 15.9 Å². The van der Waals surface area contributed by atoms with Crippen LogP contribution in [-0.4, -0.2) is 59.5 Å². The van der Waals surface area contributed by atoms with Crippen molar-refractivity contribution in [3.8, 4) is 0 Å². The van der Waals surface area contributed by atoms with Crippen LogP contribution < -0.4 is 9.80 Å². The molecule has 2 aliphatic rings. The molecule has 3 heterocycles. The standard InChI is InChI=1S/C22H28FN5O/c1-2-17-7-5-6-10-28(17)21-16-24-19(15-25-21)22(29)27-13-11-26(12-14-27)20-9-4-3-8-18(20)23/h3-4,8-9,15-17H,2,5-7,10-14H2,1H3. The zero-order chi connectivity index (χ0) is 20.2. The van der Waals surface area contributed by atoms with Gasteiger partial charge in [0.05, 0.1) is 18.1 Å². The van der Waals surface area contributed by atoms with Crippen molar-refractivity contribution in [1.29, 1.82) is 0 Å². The van der Waals surface area contributed by atoms with Crippen LogP contribution in [-0.2, 0) is 0 Å². The fourth-order valence-electron chi connectivity index (χ4n) is 4.33. The van der Waals surface area contributed by atoms with Crippen molar-refractivity contribution in [2.45, 2.75) is 38.6 Å². The summed E-state index contributed by atoms with van der Waals surface area (Å²) in [5, 5.41) is 0. The zero-order valence-electron chi connectivity index (χ0n) is 16.9. The van der Waals surface area contributed by atoms with E-state index in [-0.39, 0.29) is 11.7 Å². The van der Waals surface area contributed by atoms with E-state index in [4.69, 9.17) is 0 Å². The van der Waals surface area contributed by atoms with Crippen LogP contribution in [0, 0.1) is 5.82 Å². The third-order valence-corrected chi connectivity index (χ3v) is 6.01. The second-order valence-electron chi connectivity index (χ2n) is 7.74. The lowest BCUT2D eigenvalue weighted by atomic mass is 10.0. The van der Waals surface area contributed by atoms with Gasteiger partial charge in [-0.05, 0) is 37.8 Å². The molecule has 1 atom stereocenters. The molecule has 2 saturated heterocycles. The molecule has 2 fully saturated rings. The van der Waals surface area contributed by atoms with Crippen molar-refractivity contribution in [3.05, 3.63) is 48.2 Å². The fourth-order valence-corrected chi connectivity index (χ4v) is 4.33. The Labute approximate surface area is 171 Å². The van der Waals surface area contributed by atoms with E-state index in [1.807, 2.05) is 11.0 Å². The van der Waals surface area contributed by atoms with Gasteiger partial charge in [-0.1, -0.05) is 19.1 Å². The molecule has 0 aliphatic carbocycles. The van der Waals surface area contributed by atoms with Crippen molar-refractivity contribution in [2.75, 3.05) is 42.5 Å². The SMILES string of the molecule is CCC1CCCCN1c1cnc(C(=O)N2CCN(c3ccccc3F)CC2)cn1. The van der Waals surface area contributed by atoms with E-state index in [1.165, 1.54) is 25.3 Å². The van der Waals surface area contributed by atoms with Crippen LogP contribution >= 0.6 is 0 Å². The van der Waals surface area contributed by atoms with Gasteiger partial charge in [0.25, 0.3) is 5.91 Å². The molecular weight excluding hydrogens is 369 g/mol. The Morgan fingerprint density at radius 1 is 1.07 bits per heavy atom. The van der Waals surface area contributed by atoms with Gasteiger partial charge in [0.2, 0.25) is 0 Å². The summed E-state index contributed by atoms with van der Waals surface area (Å²) in [7, 11) is 0. The minimum atomic E-state index is -0.225. The van der Waals surface area contributed by atoms with Gasteiger partial charge >= 0.3 is 0 Å². The largest absolute Gasteiger partial charge is 0.366 e. The normalized spacial score (nSPS) is 20.1. The highest BCUT2D eigenvalue weighted by molar-refractivity contribution is 5.92. The number of amides is 1. The zero-order valence-corrected chi connectivity index (χ0v) is 16.9. The van der Waals surface area contributed by atoms with Crippen LogP contribution in [0.15, 0.2) is 36.7 Å². The molecule has 1 aromatic heterocycles. The minimum absolute atomic E-state index is 0.108. The first-order valence-corrected chi connectivity index (χ1v) is 10.5. The Morgan fingerprint density at radius 3 is 2.55 bits per heavy atom. The van der Waals surface area contributed by atoms with Crippen molar-refractivity contribution >= 4 is 17.4 Å². The van der Waals surface area contributed by atoms with Gasteiger partial charge < -0.3 is 14.7 Å². The number of benzene rings is 1. The molecule has 6 nitrogen and oxygen atoms in total. The van der Waals surface area contributed by atoms with Crippen LogP contribution in [0.5, 0.6) is 0 Å². The molecule has 1 unspecified atom stereocenters. The predicted octanol–water partition coefficient (Wildman–Crippen LogP) is 3.35.